The fourth-order valence-electron chi connectivity index (χ4n) is 2.81. The lowest BCUT2D eigenvalue weighted by molar-refractivity contribution is -0.137. The van der Waals surface area contributed by atoms with Gasteiger partial charge in [0, 0.05) is 13.1 Å². The SMILES string of the molecule is O=C(COc1ccc(F)cc1Cl)Nc1cc(C(F)(F)F)ccc1N1CCOCC1. The number of halogens is 5. The van der Waals surface area contributed by atoms with E-state index in [-0.39, 0.29) is 16.5 Å². The van der Waals surface area contributed by atoms with Gasteiger partial charge in [-0.3, -0.25) is 4.79 Å². The van der Waals surface area contributed by atoms with Crippen molar-refractivity contribution in [3.8, 4) is 5.75 Å². The number of anilines is 2. The molecule has 29 heavy (non-hydrogen) atoms. The van der Waals surface area contributed by atoms with E-state index in [0.717, 1.165) is 24.3 Å². The van der Waals surface area contributed by atoms with Crippen LogP contribution in [0.1, 0.15) is 5.56 Å². The zero-order chi connectivity index (χ0) is 21.0. The third-order valence-electron chi connectivity index (χ3n) is 4.20. The highest BCUT2D eigenvalue weighted by molar-refractivity contribution is 6.32. The number of carbonyl (C=O) groups is 1. The van der Waals surface area contributed by atoms with Gasteiger partial charge in [0.1, 0.15) is 11.6 Å². The Balaban J connectivity index is 1.76. The van der Waals surface area contributed by atoms with Gasteiger partial charge in [0.2, 0.25) is 0 Å². The lowest BCUT2D eigenvalue weighted by Gasteiger charge is -2.31. The number of hydrogen-bond donors (Lipinski definition) is 1. The van der Waals surface area contributed by atoms with Crippen LogP contribution in [0.25, 0.3) is 0 Å². The summed E-state index contributed by atoms with van der Waals surface area (Å²) in [7, 11) is 0. The van der Waals surface area contributed by atoms with Crippen molar-refractivity contribution < 1.29 is 31.8 Å². The van der Waals surface area contributed by atoms with Crippen LogP contribution in [0.3, 0.4) is 0 Å². The maximum absolute atomic E-state index is 13.1. The number of rotatable bonds is 5. The molecule has 1 saturated heterocycles. The summed E-state index contributed by atoms with van der Waals surface area (Å²) in [5.74, 6) is -1.16. The number of amides is 1. The molecule has 2 aromatic rings. The van der Waals surface area contributed by atoms with Gasteiger partial charge in [0.05, 0.1) is 35.2 Å². The van der Waals surface area contributed by atoms with E-state index in [1.165, 1.54) is 12.1 Å². The van der Waals surface area contributed by atoms with Crippen molar-refractivity contribution in [1.82, 2.24) is 0 Å². The minimum Gasteiger partial charge on any atom is -0.482 e. The van der Waals surface area contributed by atoms with Gasteiger partial charge < -0.3 is 19.7 Å². The van der Waals surface area contributed by atoms with Crippen LogP contribution in [0.2, 0.25) is 5.02 Å². The van der Waals surface area contributed by atoms with Crippen molar-refractivity contribution in [1.29, 1.82) is 0 Å². The van der Waals surface area contributed by atoms with Gasteiger partial charge in [-0.15, -0.1) is 0 Å². The molecule has 1 amide bonds. The highest BCUT2D eigenvalue weighted by Crippen LogP contribution is 2.36. The molecule has 0 saturated carbocycles. The number of nitrogens with one attached hydrogen (secondary N) is 1. The Kier molecular flexibility index (Phi) is 6.49. The topological polar surface area (TPSA) is 50.8 Å². The first-order valence-corrected chi connectivity index (χ1v) is 9.03. The van der Waals surface area contributed by atoms with E-state index in [2.05, 4.69) is 5.32 Å². The minimum absolute atomic E-state index is 0.0144. The largest absolute Gasteiger partial charge is 0.482 e. The highest BCUT2D eigenvalue weighted by atomic mass is 35.5. The zero-order valence-electron chi connectivity index (χ0n) is 15.1. The normalized spacial score (nSPS) is 14.6. The monoisotopic (exact) mass is 432 g/mol. The number of ether oxygens (including phenoxy) is 2. The van der Waals surface area contributed by atoms with E-state index in [1.54, 1.807) is 0 Å². The van der Waals surface area contributed by atoms with Crippen molar-refractivity contribution in [2.45, 2.75) is 6.18 Å². The second-order valence-corrected chi connectivity index (χ2v) is 6.65. The summed E-state index contributed by atoms with van der Waals surface area (Å²) in [6.07, 6.45) is -4.55. The maximum Gasteiger partial charge on any atom is 0.416 e. The molecule has 1 N–H and O–H groups in total. The van der Waals surface area contributed by atoms with Crippen molar-refractivity contribution in [2.24, 2.45) is 0 Å². The number of morpholine rings is 1. The smallest absolute Gasteiger partial charge is 0.416 e. The molecule has 10 heteroatoms. The van der Waals surface area contributed by atoms with E-state index >= 15 is 0 Å². The van der Waals surface area contributed by atoms with Crippen LogP contribution in [-0.2, 0) is 15.7 Å². The van der Waals surface area contributed by atoms with Crippen LogP contribution >= 0.6 is 11.6 Å². The molecule has 0 bridgehead atoms. The van der Waals surface area contributed by atoms with Gasteiger partial charge >= 0.3 is 6.18 Å². The summed E-state index contributed by atoms with van der Waals surface area (Å²) >= 11 is 5.83. The van der Waals surface area contributed by atoms with Crippen LogP contribution in [0.5, 0.6) is 5.75 Å². The Morgan fingerprint density at radius 1 is 1.17 bits per heavy atom. The molecule has 0 spiro atoms. The Morgan fingerprint density at radius 3 is 2.55 bits per heavy atom. The minimum atomic E-state index is -4.55. The lowest BCUT2D eigenvalue weighted by atomic mass is 10.1. The molecule has 1 aliphatic heterocycles. The second kappa shape index (κ2) is 8.87. The molecule has 1 heterocycles. The number of nitrogens with zero attached hydrogens (tertiary/aromatic N) is 1. The van der Waals surface area contributed by atoms with Crippen molar-refractivity contribution in [3.63, 3.8) is 0 Å². The third-order valence-corrected chi connectivity index (χ3v) is 4.50. The Labute approximate surface area is 169 Å². The fraction of sp³-hybridized carbons (Fsp3) is 0.316. The zero-order valence-corrected chi connectivity index (χ0v) is 15.8. The van der Waals surface area contributed by atoms with Gasteiger partial charge in [0.15, 0.2) is 6.61 Å². The molecule has 0 unspecified atom stereocenters. The molecule has 2 aromatic carbocycles. The predicted octanol–water partition coefficient (Wildman–Crippen LogP) is 4.35. The summed E-state index contributed by atoms with van der Waals surface area (Å²) in [6.45, 7) is 1.32. The summed E-state index contributed by atoms with van der Waals surface area (Å²) in [4.78, 5) is 14.1. The van der Waals surface area contributed by atoms with Gasteiger partial charge in [-0.2, -0.15) is 13.2 Å². The number of benzene rings is 2. The predicted molar refractivity (Wildman–Crippen MR) is 100 cm³/mol. The van der Waals surface area contributed by atoms with Gasteiger partial charge in [-0.1, -0.05) is 11.6 Å². The van der Waals surface area contributed by atoms with Crippen molar-refractivity contribution >= 4 is 28.9 Å². The van der Waals surface area contributed by atoms with E-state index in [1.807, 2.05) is 4.90 Å². The first-order valence-electron chi connectivity index (χ1n) is 8.65. The van der Waals surface area contributed by atoms with Crippen LogP contribution in [-0.4, -0.2) is 38.8 Å². The van der Waals surface area contributed by atoms with Crippen LogP contribution < -0.4 is 15.0 Å². The summed E-state index contributed by atoms with van der Waals surface area (Å²) < 4.78 is 62.9. The van der Waals surface area contributed by atoms with Crippen LogP contribution in [0, 0.1) is 5.82 Å². The van der Waals surface area contributed by atoms with E-state index in [0.29, 0.717) is 32.0 Å². The summed E-state index contributed by atoms with van der Waals surface area (Å²) in [6, 6.07) is 6.57. The quantitative estimate of drug-likeness (QED) is 0.714. The first-order chi connectivity index (χ1) is 13.7. The van der Waals surface area contributed by atoms with Gasteiger partial charge in [-0.25, -0.2) is 4.39 Å². The molecule has 0 aromatic heterocycles. The second-order valence-electron chi connectivity index (χ2n) is 6.24. The molecule has 0 aliphatic carbocycles. The molecule has 0 atom stereocenters. The van der Waals surface area contributed by atoms with Crippen LogP contribution in [0.4, 0.5) is 28.9 Å². The van der Waals surface area contributed by atoms with Crippen LogP contribution in [0.15, 0.2) is 36.4 Å². The maximum atomic E-state index is 13.1. The lowest BCUT2D eigenvalue weighted by Crippen LogP contribution is -2.37. The first kappa shape index (κ1) is 21.2. The number of carbonyl (C=O) groups excluding carboxylic acids is 1. The average Bonchev–Trinajstić information content (AvgIpc) is 2.67. The number of hydrogen-bond acceptors (Lipinski definition) is 4. The van der Waals surface area contributed by atoms with Gasteiger partial charge in [0.25, 0.3) is 5.91 Å². The standard InChI is InChI=1S/C19H17ClF4N2O3/c20-14-10-13(21)2-4-17(14)29-11-18(27)25-15-9-12(19(22,23)24)1-3-16(15)26-5-7-28-8-6-26/h1-4,9-10H,5-8,11H2,(H,25,27). The molecular formula is C19H17ClF4N2O3. The Bertz CT molecular complexity index is 886. The molecule has 5 nitrogen and oxygen atoms in total. The number of alkyl halides is 3. The van der Waals surface area contributed by atoms with Gasteiger partial charge in [-0.05, 0) is 36.4 Å². The fourth-order valence-corrected chi connectivity index (χ4v) is 3.04. The molecule has 3 rings (SSSR count). The Hall–Kier alpha value is -2.52. The van der Waals surface area contributed by atoms with Crippen molar-refractivity contribution in [3.05, 3.63) is 52.8 Å². The van der Waals surface area contributed by atoms with E-state index in [9.17, 15) is 22.4 Å². The Morgan fingerprint density at radius 2 is 1.90 bits per heavy atom. The molecule has 1 fully saturated rings. The average molecular weight is 433 g/mol. The van der Waals surface area contributed by atoms with E-state index < -0.39 is 30.1 Å². The highest BCUT2D eigenvalue weighted by Gasteiger charge is 2.32. The van der Waals surface area contributed by atoms with Crippen molar-refractivity contribution in [2.75, 3.05) is 43.1 Å². The molecule has 0 radical (unpaired) electrons. The third kappa shape index (κ3) is 5.51. The molecule has 156 valence electrons. The summed E-state index contributed by atoms with van der Waals surface area (Å²) in [5.41, 5.74) is -0.415. The summed E-state index contributed by atoms with van der Waals surface area (Å²) in [5, 5.41) is 2.44. The molecular weight excluding hydrogens is 416 g/mol. The van der Waals surface area contributed by atoms with E-state index in [4.69, 9.17) is 21.1 Å². The molecule has 1 aliphatic rings.